The van der Waals surface area contributed by atoms with Gasteiger partial charge in [0.05, 0.1) is 11.4 Å². The molecule has 2 aromatic rings. The first-order valence-electron chi connectivity index (χ1n) is 8.26. The van der Waals surface area contributed by atoms with Crippen LogP contribution >= 0.6 is 0 Å². The van der Waals surface area contributed by atoms with Crippen molar-refractivity contribution < 1.29 is 8.78 Å². The first kappa shape index (κ1) is 15.4. The van der Waals surface area contributed by atoms with Gasteiger partial charge < -0.3 is 4.90 Å². The monoisotopic (exact) mass is 331 g/mol. The van der Waals surface area contributed by atoms with Crippen LogP contribution in [0.15, 0.2) is 24.7 Å². The molecule has 5 nitrogen and oxygen atoms in total. The summed E-state index contributed by atoms with van der Waals surface area (Å²) < 4.78 is 28.3. The van der Waals surface area contributed by atoms with Crippen molar-refractivity contribution >= 4 is 5.82 Å². The number of halogens is 2. The Labute approximate surface area is 139 Å². The maximum absolute atomic E-state index is 14.5. The second kappa shape index (κ2) is 6.05. The third-order valence-corrected chi connectivity index (χ3v) is 4.99. The molecule has 0 aliphatic carbocycles. The molecule has 0 radical (unpaired) electrons. The van der Waals surface area contributed by atoms with Crippen LogP contribution in [0.1, 0.15) is 24.7 Å². The Bertz CT molecular complexity index is 742. The van der Waals surface area contributed by atoms with Crippen molar-refractivity contribution in [1.29, 1.82) is 0 Å². The van der Waals surface area contributed by atoms with Gasteiger partial charge in [-0.15, -0.1) is 0 Å². The average molecular weight is 331 g/mol. The minimum absolute atomic E-state index is 0.270. The molecule has 2 aromatic heterocycles. The molecule has 0 saturated carbocycles. The van der Waals surface area contributed by atoms with Crippen molar-refractivity contribution in [2.45, 2.75) is 38.4 Å². The molecular weight excluding hydrogens is 312 g/mol. The Morgan fingerprint density at radius 1 is 1.12 bits per heavy atom. The quantitative estimate of drug-likeness (QED) is 0.859. The number of piperazine rings is 1. The Morgan fingerprint density at radius 2 is 1.92 bits per heavy atom. The predicted octanol–water partition coefficient (Wildman–Crippen LogP) is 2.18. The van der Waals surface area contributed by atoms with Gasteiger partial charge in [-0.1, -0.05) is 6.92 Å². The lowest BCUT2D eigenvalue weighted by Gasteiger charge is -2.56. The Morgan fingerprint density at radius 3 is 2.62 bits per heavy atom. The molecule has 5 heterocycles. The highest BCUT2D eigenvalue weighted by Crippen LogP contribution is 2.36. The highest BCUT2D eigenvalue weighted by molar-refractivity contribution is 5.43. The van der Waals surface area contributed by atoms with Gasteiger partial charge in [0.25, 0.3) is 0 Å². The molecule has 2 atom stereocenters. The number of fused-ring (bicyclic) bond motifs is 2. The lowest BCUT2D eigenvalue weighted by Crippen LogP contribution is -2.68. The number of hydrogen-bond donors (Lipinski definition) is 0. The van der Waals surface area contributed by atoms with E-state index in [1.54, 1.807) is 12.3 Å². The van der Waals surface area contributed by atoms with Crippen LogP contribution < -0.4 is 4.90 Å². The fourth-order valence-electron chi connectivity index (χ4n) is 3.69. The van der Waals surface area contributed by atoms with Crippen molar-refractivity contribution in [3.8, 4) is 0 Å². The van der Waals surface area contributed by atoms with Crippen molar-refractivity contribution in [3.05, 3.63) is 47.7 Å². The maximum Gasteiger partial charge on any atom is 0.187 e. The van der Waals surface area contributed by atoms with E-state index in [0.29, 0.717) is 43.3 Å². The molecule has 0 N–H and O–H groups in total. The SMILES string of the molecule is CCc1ncnc(N2CC3CC(C2)N3Cc2ncccc2F)c1F. The molecule has 126 valence electrons. The number of hydrogen-bond acceptors (Lipinski definition) is 5. The van der Waals surface area contributed by atoms with Crippen molar-refractivity contribution in [1.82, 2.24) is 19.9 Å². The lowest BCUT2D eigenvalue weighted by atomic mass is 9.87. The topological polar surface area (TPSA) is 45.2 Å². The molecule has 24 heavy (non-hydrogen) atoms. The summed E-state index contributed by atoms with van der Waals surface area (Å²) in [6.07, 6.45) is 4.65. The molecule has 0 aromatic carbocycles. The number of aryl methyl sites for hydroxylation is 1. The molecule has 0 spiro atoms. The van der Waals surface area contributed by atoms with Gasteiger partial charge in [0.15, 0.2) is 11.6 Å². The number of anilines is 1. The van der Waals surface area contributed by atoms with E-state index in [1.165, 1.54) is 12.4 Å². The Balaban J connectivity index is 1.48. The number of aromatic nitrogens is 3. The van der Waals surface area contributed by atoms with Gasteiger partial charge in [-0.2, -0.15) is 0 Å². The minimum Gasteiger partial charge on any atom is -0.351 e. The van der Waals surface area contributed by atoms with Crippen LogP contribution in [0, 0.1) is 11.6 Å². The fourth-order valence-corrected chi connectivity index (χ4v) is 3.69. The van der Waals surface area contributed by atoms with Crippen molar-refractivity contribution in [2.75, 3.05) is 18.0 Å². The molecule has 0 amide bonds. The average Bonchev–Trinajstić information content (AvgIpc) is 2.61. The molecule has 3 aliphatic rings. The standard InChI is InChI=1S/C17H19F2N5/c1-2-14-16(19)17(22-10-21-14)23-7-11-6-12(8-23)24(11)9-15-13(18)4-3-5-20-15/h3-5,10-12H,2,6-9H2,1H3. The van der Waals surface area contributed by atoms with Gasteiger partial charge in [-0.3, -0.25) is 9.88 Å². The summed E-state index contributed by atoms with van der Waals surface area (Å²) in [5.41, 5.74) is 0.925. The Hall–Kier alpha value is -2.15. The van der Waals surface area contributed by atoms with Gasteiger partial charge >= 0.3 is 0 Å². The number of rotatable bonds is 4. The van der Waals surface area contributed by atoms with Crippen LogP contribution in [0.2, 0.25) is 0 Å². The van der Waals surface area contributed by atoms with Crippen LogP contribution in [0.3, 0.4) is 0 Å². The lowest BCUT2D eigenvalue weighted by molar-refractivity contribution is -0.0108. The molecular formula is C17H19F2N5. The molecule has 2 unspecified atom stereocenters. The van der Waals surface area contributed by atoms with Crippen LogP contribution in [-0.4, -0.2) is 45.0 Å². The van der Waals surface area contributed by atoms with Crippen LogP contribution in [0.25, 0.3) is 0 Å². The number of pyridine rings is 1. The van der Waals surface area contributed by atoms with Crippen molar-refractivity contribution in [3.63, 3.8) is 0 Å². The molecule has 3 fully saturated rings. The highest BCUT2D eigenvalue weighted by atomic mass is 19.1. The molecule has 7 heteroatoms. The first-order valence-corrected chi connectivity index (χ1v) is 8.26. The summed E-state index contributed by atoms with van der Waals surface area (Å²) in [7, 11) is 0. The predicted molar refractivity (Wildman–Crippen MR) is 85.5 cm³/mol. The van der Waals surface area contributed by atoms with E-state index in [2.05, 4.69) is 19.9 Å². The largest absolute Gasteiger partial charge is 0.351 e. The fraction of sp³-hybridized carbons (Fsp3) is 0.471. The van der Waals surface area contributed by atoms with E-state index in [0.717, 1.165) is 6.42 Å². The molecule has 3 saturated heterocycles. The van der Waals surface area contributed by atoms with E-state index < -0.39 is 0 Å². The van der Waals surface area contributed by atoms with Gasteiger partial charge in [-0.25, -0.2) is 18.7 Å². The minimum atomic E-state index is -0.316. The van der Waals surface area contributed by atoms with E-state index in [1.807, 2.05) is 11.8 Å². The second-order valence-electron chi connectivity index (χ2n) is 6.36. The maximum atomic E-state index is 14.5. The summed E-state index contributed by atoms with van der Waals surface area (Å²) in [6.45, 7) is 3.78. The summed E-state index contributed by atoms with van der Waals surface area (Å²) in [6, 6.07) is 3.60. The zero-order valence-corrected chi connectivity index (χ0v) is 13.5. The van der Waals surface area contributed by atoms with Crippen molar-refractivity contribution in [2.24, 2.45) is 0 Å². The van der Waals surface area contributed by atoms with Gasteiger partial charge in [0.2, 0.25) is 0 Å². The zero-order chi connectivity index (χ0) is 16.7. The Kier molecular flexibility index (Phi) is 3.88. The molecule has 3 aliphatic heterocycles. The van der Waals surface area contributed by atoms with Gasteiger partial charge in [0.1, 0.15) is 12.1 Å². The van der Waals surface area contributed by atoms with Crippen LogP contribution in [0.5, 0.6) is 0 Å². The van der Waals surface area contributed by atoms with Gasteiger partial charge in [0, 0.05) is 37.9 Å². The summed E-state index contributed by atoms with van der Waals surface area (Å²) in [5.74, 6) is -0.197. The third kappa shape index (κ3) is 2.53. The van der Waals surface area contributed by atoms with E-state index >= 15 is 0 Å². The second-order valence-corrected chi connectivity index (χ2v) is 6.36. The summed E-state index contributed by atoms with van der Waals surface area (Å²) >= 11 is 0. The molecule has 2 bridgehead atoms. The summed E-state index contributed by atoms with van der Waals surface area (Å²) in [4.78, 5) is 16.5. The van der Waals surface area contributed by atoms with E-state index in [-0.39, 0.29) is 23.7 Å². The summed E-state index contributed by atoms with van der Waals surface area (Å²) in [5, 5.41) is 0. The van der Waals surface area contributed by atoms with Crippen LogP contribution in [-0.2, 0) is 13.0 Å². The van der Waals surface area contributed by atoms with Gasteiger partial charge in [-0.05, 0) is 25.0 Å². The smallest absolute Gasteiger partial charge is 0.187 e. The highest BCUT2D eigenvalue weighted by Gasteiger charge is 2.45. The van der Waals surface area contributed by atoms with Crippen LogP contribution in [0.4, 0.5) is 14.6 Å². The zero-order valence-electron chi connectivity index (χ0n) is 13.5. The number of piperidine rings is 1. The normalized spacial score (nSPS) is 23.2. The third-order valence-electron chi connectivity index (χ3n) is 4.99. The molecule has 5 rings (SSSR count). The number of nitrogens with zero attached hydrogens (tertiary/aromatic N) is 5. The van der Waals surface area contributed by atoms with E-state index in [4.69, 9.17) is 0 Å². The van der Waals surface area contributed by atoms with E-state index in [9.17, 15) is 8.78 Å². The first-order chi connectivity index (χ1) is 11.7.